The Kier molecular flexibility index (Phi) is 5.12. The monoisotopic (exact) mass is 344 g/mol. The standard InChI is InChI=1S/C15H16N6O2S/c16-15-19-11(9-24-15)8-18-12(22)2-1-3-13-20-14(21-23-13)10-4-6-17-7-5-10/h4-7,9H,1-3,8H2,(H2,16,19)(H,18,22). The maximum atomic E-state index is 11.8. The number of hydrogen-bond acceptors (Lipinski definition) is 8. The Bertz CT molecular complexity index is 801. The summed E-state index contributed by atoms with van der Waals surface area (Å²) >= 11 is 1.36. The number of thiazole rings is 1. The molecule has 0 aromatic carbocycles. The highest BCUT2D eigenvalue weighted by Crippen LogP contribution is 2.15. The zero-order chi connectivity index (χ0) is 16.8. The average molecular weight is 344 g/mol. The summed E-state index contributed by atoms with van der Waals surface area (Å²) in [6, 6.07) is 3.63. The lowest BCUT2D eigenvalue weighted by atomic mass is 10.2. The minimum Gasteiger partial charge on any atom is -0.375 e. The van der Waals surface area contributed by atoms with Crippen molar-refractivity contribution in [3.05, 3.63) is 41.5 Å². The summed E-state index contributed by atoms with van der Waals surface area (Å²) < 4.78 is 5.20. The first-order chi connectivity index (χ1) is 11.7. The lowest BCUT2D eigenvalue weighted by molar-refractivity contribution is -0.121. The molecule has 9 heteroatoms. The van der Waals surface area contributed by atoms with Gasteiger partial charge in [0.25, 0.3) is 0 Å². The van der Waals surface area contributed by atoms with Crippen molar-refractivity contribution in [2.45, 2.75) is 25.8 Å². The van der Waals surface area contributed by atoms with Crippen LogP contribution < -0.4 is 11.1 Å². The molecular formula is C15H16N6O2S. The molecule has 0 saturated heterocycles. The van der Waals surface area contributed by atoms with Crippen LogP contribution in [0.2, 0.25) is 0 Å². The second kappa shape index (κ2) is 7.64. The SMILES string of the molecule is Nc1nc(CNC(=O)CCCc2nc(-c3ccncc3)no2)cs1. The van der Waals surface area contributed by atoms with Gasteiger partial charge in [0.15, 0.2) is 5.13 Å². The van der Waals surface area contributed by atoms with E-state index in [1.807, 2.05) is 17.5 Å². The molecule has 0 bridgehead atoms. The summed E-state index contributed by atoms with van der Waals surface area (Å²) in [7, 11) is 0. The molecular weight excluding hydrogens is 328 g/mol. The molecule has 1 amide bonds. The van der Waals surface area contributed by atoms with Gasteiger partial charge in [0.05, 0.1) is 12.2 Å². The molecule has 3 aromatic rings. The van der Waals surface area contributed by atoms with Crippen LogP contribution in [-0.4, -0.2) is 26.0 Å². The molecule has 24 heavy (non-hydrogen) atoms. The normalized spacial score (nSPS) is 10.7. The summed E-state index contributed by atoms with van der Waals surface area (Å²) in [6.45, 7) is 0.388. The van der Waals surface area contributed by atoms with Gasteiger partial charge in [-0.1, -0.05) is 5.16 Å². The van der Waals surface area contributed by atoms with Crippen LogP contribution in [0.5, 0.6) is 0 Å². The highest BCUT2D eigenvalue weighted by molar-refractivity contribution is 7.13. The Balaban J connectivity index is 1.41. The topological polar surface area (TPSA) is 120 Å². The van der Waals surface area contributed by atoms with Crippen molar-refractivity contribution < 1.29 is 9.32 Å². The summed E-state index contributed by atoms with van der Waals surface area (Å²) in [5.74, 6) is 0.996. The van der Waals surface area contributed by atoms with Crippen LogP contribution in [0.25, 0.3) is 11.4 Å². The third-order valence-corrected chi connectivity index (χ3v) is 3.96. The lowest BCUT2D eigenvalue weighted by Gasteiger charge is -2.01. The maximum absolute atomic E-state index is 11.8. The van der Waals surface area contributed by atoms with Gasteiger partial charge in [-0.15, -0.1) is 11.3 Å². The van der Waals surface area contributed by atoms with Crippen molar-refractivity contribution in [2.24, 2.45) is 0 Å². The first-order valence-electron chi connectivity index (χ1n) is 7.40. The van der Waals surface area contributed by atoms with Crippen LogP contribution in [-0.2, 0) is 17.8 Å². The van der Waals surface area contributed by atoms with E-state index in [-0.39, 0.29) is 5.91 Å². The fourth-order valence-corrected chi connectivity index (χ4v) is 2.62. The highest BCUT2D eigenvalue weighted by Gasteiger charge is 2.09. The Labute approximate surface area is 142 Å². The Morgan fingerprint density at radius 2 is 2.12 bits per heavy atom. The number of amides is 1. The van der Waals surface area contributed by atoms with Gasteiger partial charge >= 0.3 is 0 Å². The number of aromatic nitrogens is 4. The van der Waals surface area contributed by atoms with Crippen LogP contribution in [0, 0.1) is 0 Å². The quantitative estimate of drug-likeness (QED) is 0.670. The maximum Gasteiger partial charge on any atom is 0.226 e. The van der Waals surface area contributed by atoms with E-state index >= 15 is 0 Å². The fraction of sp³-hybridized carbons (Fsp3) is 0.267. The van der Waals surface area contributed by atoms with Crippen molar-refractivity contribution in [3.8, 4) is 11.4 Å². The molecule has 0 aliphatic rings. The number of carbonyl (C=O) groups is 1. The molecule has 0 atom stereocenters. The number of nitrogen functional groups attached to an aromatic ring is 1. The van der Waals surface area contributed by atoms with Crippen LogP contribution in [0.1, 0.15) is 24.4 Å². The van der Waals surface area contributed by atoms with Gasteiger partial charge in [-0.2, -0.15) is 4.98 Å². The fourth-order valence-electron chi connectivity index (χ4n) is 2.06. The van der Waals surface area contributed by atoms with Gasteiger partial charge in [-0.3, -0.25) is 9.78 Å². The molecule has 3 aromatic heterocycles. The lowest BCUT2D eigenvalue weighted by Crippen LogP contribution is -2.22. The van der Waals surface area contributed by atoms with E-state index in [1.165, 1.54) is 11.3 Å². The molecule has 3 rings (SSSR count). The van der Waals surface area contributed by atoms with E-state index in [0.29, 0.717) is 42.7 Å². The molecule has 0 unspecified atom stereocenters. The molecule has 0 saturated carbocycles. The molecule has 3 N–H and O–H groups in total. The number of anilines is 1. The summed E-state index contributed by atoms with van der Waals surface area (Å²) in [5.41, 5.74) is 7.16. The Morgan fingerprint density at radius 3 is 2.88 bits per heavy atom. The predicted octanol–water partition coefficient (Wildman–Crippen LogP) is 1.81. The highest BCUT2D eigenvalue weighted by atomic mass is 32.1. The van der Waals surface area contributed by atoms with E-state index in [1.54, 1.807) is 12.4 Å². The average Bonchev–Trinajstić information content (AvgIpc) is 3.23. The van der Waals surface area contributed by atoms with Gasteiger partial charge < -0.3 is 15.6 Å². The molecule has 3 heterocycles. The van der Waals surface area contributed by atoms with E-state index < -0.39 is 0 Å². The molecule has 0 aliphatic carbocycles. The molecule has 0 radical (unpaired) electrons. The van der Waals surface area contributed by atoms with E-state index in [9.17, 15) is 4.79 Å². The number of nitrogens with two attached hydrogens (primary N) is 1. The molecule has 0 aliphatic heterocycles. The van der Waals surface area contributed by atoms with Gasteiger partial charge in [0.1, 0.15) is 0 Å². The number of rotatable bonds is 7. The third kappa shape index (κ3) is 4.35. The largest absolute Gasteiger partial charge is 0.375 e. The second-order valence-electron chi connectivity index (χ2n) is 5.05. The number of pyridine rings is 1. The molecule has 124 valence electrons. The number of nitrogens with one attached hydrogen (secondary N) is 1. The van der Waals surface area contributed by atoms with E-state index in [4.69, 9.17) is 10.3 Å². The second-order valence-corrected chi connectivity index (χ2v) is 5.94. The van der Waals surface area contributed by atoms with Crippen LogP contribution in [0.4, 0.5) is 5.13 Å². The van der Waals surface area contributed by atoms with Crippen molar-refractivity contribution in [2.75, 3.05) is 5.73 Å². The van der Waals surface area contributed by atoms with Crippen LogP contribution in [0.3, 0.4) is 0 Å². The van der Waals surface area contributed by atoms with Gasteiger partial charge in [-0.05, 0) is 18.6 Å². The van der Waals surface area contributed by atoms with Crippen molar-refractivity contribution in [1.29, 1.82) is 0 Å². The van der Waals surface area contributed by atoms with Gasteiger partial charge in [0, 0.05) is 36.2 Å². The first kappa shape index (κ1) is 16.1. The number of aryl methyl sites for hydroxylation is 1. The predicted molar refractivity (Wildman–Crippen MR) is 88.8 cm³/mol. The zero-order valence-electron chi connectivity index (χ0n) is 12.8. The van der Waals surface area contributed by atoms with Crippen molar-refractivity contribution in [3.63, 3.8) is 0 Å². The first-order valence-corrected chi connectivity index (χ1v) is 8.28. The summed E-state index contributed by atoms with van der Waals surface area (Å²) in [5, 5.41) is 9.06. The summed E-state index contributed by atoms with van der Waals surface area (Å²) in [6.07, 6.45) is 4.90. The minimum absolute atomic E-state index is 0.0459. The van der Waals surface area contributed by atoms with E-state index in [2.05, 4.69) is 25.4 Å². The van der Waals surface area contributed by atoms with Crippen LogP contribution in [0.15, 0.2) is 34.4 Å². The number of carbonyl (C=O) groups excluding carboxylic acids is 1. The number of hydrogen-bond donors (Lipinski definition) is 2. The zero-order valence-corrected chi connectivity index (χ0v) is 13.6. The van der Waals surface area contributed by atoms with E-state index in [0.717, 1.165) is 11.3 Å². The summed E-state index contributed by atoms with van der Waals surface area (Å²) in [4.78, 5) is 24.1. The van der Waals surface area contributed by atoms with Gasteiger partial charge in [0.2, 0.25) is 17.6 Å². The molecule has 8 nitrogen and oxygen atoms in total. The van der Waals surface area contributed by atoms with Crippen molar-refractivity contribution in [1.82, 2.24) is 25.4 Å². The molecule has 0 fully saturated rings. The van der Waals surface area contributed by atoms with Gasteiger partial charge in [-0.25, -0.2) is 4.98 Å². The Hall–Kier alpha value is -2.81. The molecule has 0 spiro atoms. The number of nitrogens with zero attached hydrogens (tertiary/aromatic N) is 4. The minimum atomic E-state index is -0.0459. The van der Waals surface area contributed by atoms with Crippen molar-refractivity contribution >= 4 is 22.4 Å². The Morgan fingerprint density at radius 1 is 1.29 bits per heavy atom. The smallest absolute Gasteiger partial charge is 0.226 e. The van der Waals surface area contributed by atoms with Crippen LogP contribution >= 0.6 is 11.3 Å². The third-order valence-electron chi connectivity index (χ3n) is 3.24.